The largest absolute Gasteiger partial charge is 0.354 e. The summed E-state index contributed by atoms with van der Waals surface area (Å²) in [4.78, 5) is 28.9. The lowest BCUT2D eigenvalue weighted by atomic mass is 10.0. The van der Waals surface area contributed by atoms with Gasteiger partial charge in [-0.25, -0.2) is 8.42 Å². The number of benzene rings is 2. The van der Waals surface area contributed by atoms with E-state index in [1.165, 1.54) is 23.3 Å². The van der Waals surface area contributed by atoms with Crippen molar-refractivity contribution < 1.29 is 18.0 Å². The lowest BCUT2D eigenvalue weighted by Gasteiger charge is -2.35. The number of carbonyl (C=O) groups excluding carboxylic acids is 2. The molecule has 182 valence electrons. The number of sulfonamides is 1. The van der Waals surface area contributed by atoms with Gasteiger partial charge in [-0.05, 0) is 35.2 Å². The number of nitrogens with zero attached hydrogens (tertiary/aromatic N) is 3. The molecule has 0 bridgehead atoms. The van der Waals surface area contributed by atoms with Crippen molar-refractivity contribution >= 4 is 21.8 Å². The molecule has 0 aliphatic carbocycles. The van der Waals surface area contributed by atoms with Gasteiger partial charge in [0.1, 0.15) is 0 Å². The molecule has 2 fully saturated rings. The first-order chi connectivity index (χ1) is 16.2. The van der Waals surface area contributed by atoms with E-state index in [1.807, 2.05) is 0 Å². The molecule has 34 heavy (non-hydrogen) atoms. The maximum atomic E-state index is 13.1. The highest BCUT2D eigenvalue weighted by Gasteiger charge is 2.30. The third-order valence-corrected chi connectivity index (χ3v) is 8.28. The summed E-state index contributed by atoms with van der Waals surface area (Å²) in [6, 6.07) is 14.8. The van der Waals surface area contributed by atoms with Crippen LogP contribution in [-0.2, 0) is 21.4 Å². The molecule has 8 nitrogen and oxygen atoms in total. The molecule has 2 aromatic carbocycles. The van der Waals surface area contributed by atoms with Crippen LogP contribution < -0.4 is 5.32 Å². The molecule has 9 heteroatoms. The Morgan fingerprint density at radius 1 is 1.00 bits per heavy atom. The van der Waals surface area contributed by atoms with E-state index in [4.69, 9.17) is 0 Å². The zero-order valence-corrected chi connectivity index (χ0v) is 20.6. The number of amides is 2. The van der Waals surface area contributed by atoms with E-state index in [-0.39, 0.29) is 36.3 Å². The summed E-state index contributed by atoms with van der Waals surface area (Å²) in [6.45, 7) is 8.21. The maximum Gasteiger partial charge on any atom is 0.253 e. The topological polar surface area (TPSA) is 90.0 Å². The molecule has 2 aliphatic rings. The molecule has 0 spiro atoms. The van der Waals surface area contributed by atoms with Gasteiger partial charge >= 0.3 is 0 Å². The highest BCUT2D eigenvalue weighted by atomic mass is 32.2. The van der Waals surface area contributed by atoms with Gasteiger partial charge in [-0.3, -0.25) is 14.5 Å². The molecule has 2 saturated heterocycles. The van der Waals surface area contributed by atoms with E-state index in [0.717, 1.165) is 23.9 Å². The summed E-state index contributed by atoms with van der Waals surface area (Å²) >= 11 is 0. The van der Waals surface area contributed by atoms with Gasteiger partial charge < -0.3 is 10.2 Å². The minimum absolute atomic E-state index is 0.0385. The molecule has 1 N–H and O–H groups in total. The summed E-state index contributed by atoms with van der Waals surface area (Å²) in [5.41, 5.74) is 2.93. The Morgan fingerprint density at radius 2 is 1.71 bits per heavy atom. The SMILES string of the molecule is CC(C)c1ccc(CN2CCN(C(=O)c3cccc(S(=O)(=O)N4CCNC(=O)C4)c3)CC2)cc1. The zero-order chi connectivity index (χ0) is 24.3. The second kappa shape index (κ2) is 10.2. The second-order valence-electron chi connectivity index (χ2n) is 9.18. The number of piperazine rings is 2. The molecule has 0 atom stereocenters. The highest BCUT2D eigenvalue weighted by Crippen LogP contribution is 2.20. The zero-order valence-electron chi connectivity index (χ0n) is 19.7. The van der Waals surface area contributed by atoms with E-state index >= 15 is 0 Å². The molecule has 0 aromatic heterocycles. The van der Waals surface area contributed by atoms with Crippen LogP contribution in [0.4, 0.5) is 0 Å². The fourth-order valence-electron chi connectivity index (χ4n) is 4.32. The summed E-state index contributed by atoms with van der Waals surface area (Å²) in [7, 11) is -3.84. The monoisotopic (exact) mass is 484 g/mol. The summed E-state index contributed by atoms with van der Waals surface area (Å²) in [5, 5.41) is 2.62. The quantitative estimate of drug-likeness (QED) is 0.676. The van der Waals surface area contributed by atoms with Gasteiger partial charge in [0.2, 0.25) is 15.9 Å². The van der Waals surface area contributed by atoms with Crippen LogP contribution in [0.15, 0.2) is 53.4 Å². The summed E-state index contributed by atoms with van der Waals surface area (Å²) < 4.78 is 27.1. The van der Waals surface area contributed by atoms with Crippen LogP contribution in [0.2, 0.25) is 0 Å². The number of carbonyl (C=O) groups is 2. The first-order valence-electron chi connectivity index (χ1n) is 11.7. The van der Waals surface area contributed by atoms with E-state index in [1.54, 1.807) is 17.0 Å². The average molecular weight is 485 g/mol. The van der Waals surface area contributed by atoms with Gasteiger partial charge in [0.25, 0.3) is 5.91 Å². The van der Waals surface area contributed by atoms with Crippen molar-refractivity contribution in [3.63, 3.8) is 0 Å². The van der Waals surface area contributed by atoms with Crippen LogP contribution in [0.3, 0.4) is 0 Å². The van der Waals surface area contributed by atoms with Crippen LogP contribution in [0.5, 0.6) is 0 Å². The van der Waals surface area contributed by atoms with E-state index in [0.29, 0.717) is 24.6 Å². The van der Waals surface area contributed by atoms with Gasteiger partial charge in [-0.15, -0.1) is 0 Å². The standard InChI is InChI=1S/C25H32N4O4S/c1-19(2)21-8-6-20(7-9-21)17-27-12-14-28(15-13-27)25(31)22-4-3-5-23(16-22)34(32,33)29-11-10-26-24(30)18-29/h3-9,16,19H,10-15,17-18H2,1-2H3,(H,26,30). The molecule has 2 aromatic rings. The first kappa shape index (κ1) is 24.4. The fourth-order valence-corrected chi connectivity index (χ4v) is 5.76. The summed E-state index contributed by atoms with van der Waals surface area (Å²) in [5.74, 6) is 0.0154. The molecule has 2 amide bonds. The molecule has 4 rings (SSSR count). The normalized spacial score (nSPS) is 18.2. The van der Waals surface area contributed by atoms with Crippen molar-refractivity contribution in [2.24, 2.45) is 0 Å². The number of hydrogen-bond donors (Lipinski definition) is 1. The molecule has 0 unspecified atom stereocenters. The van der Waals surface area contributed by atoms with Crippen molar-refractivity contribution in [2.75, 3.05) is 45.8 Å². The van der Waals surface area contributed by atoms with Crippen LogP contribution in [0.25, 0.3) is 0 Å². The van der Waals surface area contributed by atoms with Gasteiger partial charge in [0.05, 0.1) is 11.4 Å². The Morgan fingerprint density at radius 3 is 2.35 bits per heavy atom. The molecule has 2 heterocycles. The lowest BCUT2D eigenvalue weighted by molar-refractivity contribution is -0.122. The van der Waals surface area contributed by atoms with Gasteiger partial charge in [0, 0.05) is 51.4 Å². The van der Waals surface area contributed by atoms with Crippen LogP contribution >= 0.6 is 0 Å². The van der Waals surface area contributed by atoms with Crippen molar-refractivity contribution in [1.29, 1.82) is 0 Å². The predicted molar refractivity (Wildman–Crippen MR) is 130 cm³/mol. The number of hydrogen-bond acceptors (Lipinski definition) is 5. The van der Waals surface area contributed by atoms with Crippen molar-refractivity contribution in [2.45, 2.75) is 31.2 Å². The van der Waals surface area contributed by atoms with Crippen molar-refractivity contribution in [1.82, 2.24) is 19.4 Å². The van der Waals surface area contributed by atoms with E-state index < -0.39 is 10.0 Å². The maximum absolute atomic E-state index is 13.1. The van der Waals surface area contributed by atoms with Gasteiger partial charge in [0.15, 0.2) is 0 Å². The molecular weight excluding hydrogens is 452 g/mol. The Hall–Kier alpha value is -2.75. The molecule has 0 radical (unpaired) electrons. The predicted octanol–water partition coefficient (Wildman–Crippen LogP) is 1.89. The van der Waals surface area contributed by atoms with Crippen LogP contribution in [0, 0.1) is 0 Å². The molecule has 0 saturated carbocycles. The fraction of sp³-hybridized carbons (Fsp3) is 0.440. The van der Waals surface area contributed by atoms with E-state index in [2.05, 4.69) is 48.3 Å². The Kier molecular flexibility index (Phi) is 7.35. The van der Waals surface area contributed by atoms with Crippen LogP contribution in [-0.4, -0.2) is 80.2 Å². The van der Waals surface area contributed by atoms with Gasteiger partial charge in [-0.1, -0.05) is 44.2 Å². The third kappa shape index (κ3) is 5.48. The second-order valence-corrected chi connectivity index (χ2v) is 11.1. The smallest absolute Gasteiger partial charge is 0.253 e. The Balaban J connectivity index is 1.37. The summed E-state index contributed by atoms with van der Waals surface area (Å²) in [6.07, 6.45) is 0. The lowest BCUT2D eigenvalue weighted by Crippen LogP contribution is -2.50. The minimum atomic E-state index is -3.84. The van der Waals surface area contributed by atoms with Gasteiger partial charge in [-0.2, -0.15) is 4.31 Å². The minimum Gasteiger partial charge on any atom is -0.354 e. The van der Waals surface area contributed by atoms with Crippen LogP contribution in [0.1, 0.15) is 41.3 Å². The third-order valence-electron chi connectivity index (χ3n) is 6.43. The average Bonchev–Trinajstić information content (AvgIpc) is 2.84. The number of nitrogens with one attached hydrogen (secondary N) is 1. The Labute approximate surface area is 201 Å². The molecular formula is C25H32N4O4S. The Bertz CT molecular complexity index is 1140. The first-order valence-corrected chi connectivity index (χ1v) is 13.2. The number of rotatable bonds is 6. The van der Waals surface area contributed by atoms with E-state index in [9.17, 15) is 18.0 Å². The highest BCUT2D eigenvalue weighted by molar-refractivity contribution is 7.89. The molecule has 2 aliphatic heterocycles. The van der Waals surface area contributed by atoms with Crippen molar-refractivity contribution in [3.8, 4) is 0 Å². The van der Waals surface area contributed by atoms with Crippen molar-refractivity contribution in [3.05, 3.63) is 65.2 Å².